The van der Waals surface area contributed by atoms with Crippen molar-refractivity contribution in [3.63, 3.8) is 0 Å². The molecule has 0 aromatic rings. The SMILES string of the molecule is CC(S(=O)(=O)[O-])S(=O)(=O)[O-].[Li+].[Li+]. The van der Waals surface area contributed by atoms with Gasteiger partial charge in [-0.25, -0.2) is 16.8 Å². The smallest absolute Gasteiger partial charge is 0.747 e. The molecule has 10 heteroatoms. The molecule has 6 nitrogen and oxygen atoms in total. The molecule has 0 N–H and O–H groups in total. The summed E-state index contributed by atoms with van der Waals surface area (Å²) in [5.74, 6) is 0. The Labute approximate surface area is 95.0 Å². The van der Waals surface area contributed by atoms with Gasteiger partial charge < -0.3 is 9.11 Å². The van der Waals surface area contributed by atoms with Crippen molar-refractivity contribution in [3.05, 3.63) is 0 Å². The van der Waals surface area contributed by atoms with Gasteiger partial charge in [-0.05, 0) is 6.92 Å². The molecule has 12 heavy (non-hydrogen) atoms. The summed E-state index contributed by atoms with van der Waals surface area (Å²) in [7, 11) is -10.0. The molecule has 0 amide bonds. The third-order valence-corrected chi connectivity index (χ3v) is 3.85. The van der Waals surface area contributed by atoms with Crippen molar-refractivity contribution >= 4 is 20.2 Å². The maximum atomic E-state index is 9.84. The summed E-state index contributed by atoms with van der Waals surface area (Å²) in [6.45, 7) is 0.532. The molecule has 0 saturated heterocycles. The van der Waals surface area contributed by atoms with Gasteiger partial charge in [-0.2, -0.15) is 0 Å². The predicted octanol–water partition coefficient (Wildman–Crippen LogP) is -7.57. The van der Waals surface area contributed by atoms with Crippen LogP contribution >= 0.6 is 0 Å². The average molecular weight is 202 g/mol. The minimum absolute atomic E-state index is 0. The van der Waals surface area contributed by atoms with Crippen LogP contribution in [0.25, 0.3) is 0 Å². The molecule has 0 heterocycles. The van der Waals surface area contributed by atoms with Gasteiger partial charge in [-0.15, -0.1) is 0 Å². The third kappa shape index (κ3) is 6.52. The molecule has 0 unspecified atom stereocenters. The Hall–Kier alpha value is 1.01. The Balaban J connectivity index is -0.000000405. The Morgan fingerprint density at radius 2 is 1.08 bits per heavy atom. The quantitative estimate of drug-likeness (QED) is 0.324. The Morgan fingerprint density at radius 1 is 0.917 bits per heavy atom. The van der Waals surface area contributed by atoms with Gasteiger partial charge in [0.1, 0.15) is 24.8 Å². The van der Waals surface area contributed by atoms with Gasteiger partial charge in [0.05, 0.1) is 0 Å². The Bertz CT molecular complexity index is 270. The predicted molar refractivity (Wildman–Crippen MR) is 28.9 cm³/mol. The van der Waals surface area contributed by atoms with E-state index in [1.165, 1.54) is 0 Å². The molecule has 0 atom stereocenters. The van der Waals surface area contributed by atoms with E-state index in [1.54, 1.807) is 0 Å². The fourth-order valence-electron chi connectivity index (χ4n) is 0.144. The molecule has 0 radical (unpaired) electrons. The van der Waals surface area contributed by atoms with Crippen LogP contribution in [0.5, 0.6) is 0 Å². The van der Waals surface area contributed by atoms with E-state index in [1.807, 2.05) is 0 Å². The second kappa shape index (κ2) is 5.68. The molecule has 0 aromatic heterocycles. The first-order chi connectivity index (χ1) is 4.15. The van der Waals surface area contributed by atoms with Crippen LogP contribution in [-0.4, -0.2) is 30.5 Å². The van der Waals surface area contributed by atoms with Crippen molar-refractivity contribution < 1.29 is 63.7 Å². The van der Waals surface area contributed by atoms with E-state index in [0.29, 0.717) is 6.92 Å². The van der Waals surface area contributed by atoms with Gasteiger partial charge in [-0.1, -0.05) is 0 Å². The van der Waals surface area contributed by atoms with Crippen LogP contribution < -0.4 is 37.7 Å². The standard InChI is InChI=1S/C2H6O6S2.2Li/c1-2(9(3,4)5)10(6,7)8;;/h2H,1H3,(H,3,4,5)(H,6,7,8);;/q;2*+1/p-2. The van der Waals surface area contributed by atoms with E-state index in [9.17, 15) is 25.9 Å². The van der Waals surface area contributed by atoms with Crippen molar-refractivity contribution in [2.24, 2.45) is 0 Å². The van der Waals surface area contributed by atoms with Crippen LogP contribution in [0.4, 0.5) is 0 Å². The molecule has 62 valence electrons. The maximum Gasteiger partial charge on any atom is 1.00 e. The van der Waals surface area contributed by atoms with E-state index >= 15 is 0 Å². The summed E-state index contributed by atoms with van der Waals surface area (Å²) >= 11 is 0. The molecule has 0 aliphatic rings. The third-order valence-electron chi connectivity index (χ3n) is 0.813. The van der Waals surface area contributed by atoms with Gasteiger partial charge in [0.2, 0.25) is 0 Å². The summed E-state index contributed by atoms with van der Waals surface area (Å²) in [6.07, 6.45) is 0. The number of hydrogen-bond donors (Lipinski definition) is 0. The van der Waals surface area contributed by atoms with Crippen molar-refractivity contribution in [1.29, 1.82) is 0 Å². The summed E-state index contributed by atoms with van der Waals surface area (Å²) in [5.41, 5.74) is 0. The Kier molecular flexibility index (Phi) is 8.87. The molecule has 0 saturated carbocycles. The molecule has 0 rings (SSSR count). The van der Waals surface area contributed by atoms with Crippen LogP contribution in [0.15, 0.2) is 0 Å². The fourth-order valence-corrected chi connectivity index (χ4v) is 1.30. The molecule has 0 fully saturated rings. The largest absolute Gasteiger partial charge is 1.00 e. The first-order valence-electron chi connectivity index (χ1n) is 2.05. The van der Waals surface area contributed by atoms with Crippen molar-refractivity contribution in [1.82, 2.24) is 0 Å². The first kappa shape index (κ1) is 18.7. The zero-order chi connectivity index (χ0) is 8.58. The molecular formula is C2H4Li2O6S2. The molecule has 0 aliphatic heterocycles. The van der Waals surface area contributed by atoms with Gasteiger partial charge in [0.15, 0.2) is 0 Å². The van der Waals surface area contributed by atoms with Crippen molar-refractivity contribution in [2.75, 3.05) is 0 Å². The van der Waals surface area contributed by atoms with Crippen molar-refractivity contribution in [2.45, 2.75) is 11.5 Å². The maximum absolute atomic E-state index is 9.84. The van der Waals surface area contributed by atoms with Crippen LogP contribution in [-0.2, 0) is 20.2 Å². The topological polar surface area (TPSA) is 114 Å². The second-order valence-corrected chi connectivity index (χ2v) is 5.24. The van der Waals surface area contributed by atoms with Crippen LogP contribution in [0.3, 0.4) is 0 Å². The van der Waals surface area contributed by atoms with E-state index in [2.05, 4.69) is 0 Å². The average Bonchev–Trinajstić information content (AvgIpc) is 1.59. The van der Waals surface area contributed by atoms with Gasteiger partial charge in [0, 0.05) is 0 Å². The first-order valence-corrected chi connectivity index (χ1v) is 4.99. The zero-order valence-electron chi connectivity index (χ0n) is 6.84. The number of rotatable bonds is 2. The summed E-state index contributed by atoms with van der Waals surface area (Å²) in [4.78, 5) is 0. The molecular weight excluding hydrogens is 198 g/mol. The van der Waals surface area contributed by atoms with E-state index in [4.69, 9.17) is 0 Å². The van der Waals surface area contributed by atoms with Crippen LogP contribution in [0, 0.1) is 0 Å². The van der Waals surface area contributed by atoms with Crippen LogP contribution in [0.1, 0.15) is 6.92 Å². The van der Waals surface area contributed by atoms with Crippen molar-refractivity contribution in [3.8, 4) is 0 Å². The van der Waals surface area contributed by atoms with E-state index < -0.39 is 24.8 Å². The second-order valence-electron chi connectivity index (χ2n) is 1.55. The fraction of sp³-hybridized carbons (Fsp3) is 1.00. The monoisotopic (exact) mass is 202 g/mol. The molecule has 0 aliphatic carbocycles. The Morgan fingerprint density at radius 3 is 1.08 bits per heavy atom. The summed E-state index contributed by atoms with van der Waals surface area (Å²) in [5, 5.41) is 0. The molecule has 0 spiro atoms. The van der Waals surface area contributed by atoms with Crippen LogP contribution in [0.2, 0.25) is 0 Å². The minimum Gasteiger partial charge on any atom is -0.747 e. The van der Waals surface area contributed by atoms with Gasteiger partial charge >= 0.3 is 37.7 Å². The zero-order valence-corrected chi connectivity index (χ0v) is 8.48. The number of hydrogen-bond acceptors (Lipinski definition) is 6. The summed E-state index contributed by atoms with van der Waals surface area (Å²) in [6, 6.07) is 0. The minimum atomic E-state index is -5.01. The molecule has 0 bridgehead atoms. The van der Waals surface area contributed by atoms with E-state index in [-0.39, 0.29) is 37.7 Å². The summed E-state index contributed by atoms with van der Waals surface area (Å²) < 4.78 is 56.7. The van der Waals surface area contributed by atoms with Gasteiger partial charge in [0.25, 0.3) is 0 Å². The normalized spacial score (nSPS) is 11.7. The molecule has 0 aromatic carbocycles. The van der Waals surface area contributed by atoms with Gasteiger partial charge in [-0.3, -0.25) is 0 Å². The van der Waals surface area contributed by atoms with E-state index in [0.717, 1.165) is 0 Å².